The average molecular weight is 277 g/mol. The number of hydrogen-bond donors (Lipinski definition) is 2. The third-order valence-electron chi connectivity index (χ3n) is 3.45. The summed E-state index contributed by atoms with van der Waals surface area (Å²) in [5.41, 5.74) is 6.90. The Morgan fingerprint density at radius 3 is 2.89 bits per heavy atom. The highest BCUT2D eigenvalue weighted by Crippen LogP contribution is 2.13. The fourth-order valence-electron chi connectivity index (χ4n) is 2.35. The van der Waals surface area contributed by atoms with Crippen LogP contribution in [0.25, 0.3) is 0 Å². The van der Waals surface area contributed by atoms with Crippen molar-refractivity contribution in [2.24, 2.45) is 11.7 Å². The smallest absolute Gasteiger partial charge is 0.251 e. The molecule has 0 spiro atoms. The second-order valence-electron chi connectivity index (χ2n) is 5.07. The van der Waals surface area contributed by atoms with E-state index in [1.165, 1.54) is 0 Å². The largest absolute Gasteiger partial charge is 0.389 e. The normalized spacial score (nSPS) is 19.3. The first-order chi connectivity index (χ1) is 9.06. The van der Waals surface area contributed by atoms with E-state index in [1.807, 2.05) is 6.07 Å². The van der Waals surface area contributed by atoms with Gasteiger partial charge in [-0.05, 0) is 38.1 Å². The number of benzene rings is 1. The summed E-state index contributed by atoms with van der Waals surface area (Å²) >= 11 is 4.91. The van der Waals surface area contributed by atoms with E-state index in [4.69, 9.17) is 18.0 Å². The number of rotatable bonds is 4. The van der Waals surface area contributed by atoms with Gasteiger partial charge in [-0.25, -0.2) is 0 Å². The van der Waals surface area contributed by atoms with E-state index in [9.17, 15) is 4.79 Å². The second-order valence-corrected chi connectivity index (χ2v) is 5.51. The molecular formula is C14H19N3OS. The summed E-state index contributed by atoms with van der Waals surface area (Å²) in [6, 6.07) is 7.12. The number of amides is 1. The van der Waals surface area contributed by atoms with Crippen molar-refractivity contribution in [3.8, 4) is 0 Å². The van der Waals surface area contributed by atoms with Gasteiger partial charge in [0.15, 0.2) is 0 Å². The number of hydrogen-bond acceptors (Lipinski definition) is 3. The van der Waals surface area contributed by atoms with Gasteiger partial charge < -0.3 is 16.0 Å². The molecule has 102 valence electrons. The molecule has 1 heterocycles. The van der Waals surface area contributed by atoms with Gasteiger partial charge in [-0.1, -0.05) is 24.4 Å². The Hall–Kier alpha value is -1.46. The Morgan fingerprint density at radius 2 is 2.26 bits per heavy atom. The van der Waals surface area contributed by atoms with E-state index >= 15 is 0 Å². The third-order valence-corrected chi connectivity index (χ3v) is 3.69. The lowest BCUT2D eigenvalue weighted by molar-refractivity contribution is 0.0947. The summed E-state index contributed by atoms with van der Waals surface area (Å²) in [5.74, 6) is 0.486. The molecule has 1 aromatic rings. The van der Waals surface area contributed by atoms with Crippen molar-refractivity contribution in [2.45, 2.75) is 6.42 Å². The van der Waals surface area contributed by atoms with Gasteiger partial charge in [0, 0.05) is 24.2 Å². The molecule has 0 saturated carbocycles. The van der Waals surface area contributed by atoms with Crippen LogP contribution >= 0.6 is 12.2 Å². The molecule has 1 fully saturated rings. The highest BCUT2D eigenvalue weighted by Gasteiger charge is 2.20. The highest BCUT2D eigenvalue weighted by atomic mass is 32.1. The van der Waals surface area contributed by atoms with E-state index in [0.29, 0.717) is 16.5 Å². The lowest BCUT2D eigenvalue weighted by Gasteiger charge is -2.12. The molecule has 3 N–H and O–H groups in total. The zero-order chi connectivity index (χ0) is 13.8. The van der Waals surface area contributed by atoms with Crippen molar-refractivity contribution in [2.75, 3.05) is 26.7 Å². The molecule has 1 saturated heterocycles. The van der Waals surface area contributed by atoms with E-state index < -0.39 is 0 Å². The fourth-order valence-corrected chi connectivity index (χ4v) is 2.47. The molecule has 0 bridgehead atoms. The zero-order valence-electron chi connectivity index (χ0n) is 11.1. The Balaban J connectivity index is 1.92. The second kappa shape index (κ2) is 6.12. The van der Waals surface area contributed by atoms with Crippen LogP contribution in [0.1, 0.15) is 22.3 Å². The Labute approximate surface area is 119 Å². The summed E-state index contributed by atoms with van der Waals surface area (Å²) in [6.07, 6.45) is 1.14. The number of nitrogens with two attached hydrogens (primary N) is 1. The molecule has 1 aromatic carbocycles. The van der Waals surface area contributed by atoms with Crippen LogP contribution in [0, 0.1) is 5.92 Å². The van der Waals surface area contributed by atoms with Crippen molar-refractivity contribution in [1.29, 1.82) is 0 Å². The predicted octanol–water partition coefficient (Wildman–Crippen LogP) is 1.00. The van der Waals surface area contributed by atoms with Crippen molar-refractivity contribution in [1.82, 2.24) is 10.2 Å². The summed E-state index contributed by atoms with van der Waals surface area (Å²) in [5, 5.41) is 2.98. The average Bonchev–Trinajstić information content (AvgIpc) is 2.82. The van der Waals surface area contributed by atoms with Crippen molar-refractivity contribution in [3.05, 3.63) is 35.4 Å². The summed E-state index contributed by atoms with van der Waals surface area (Å²) in [7, 11) is 2.10. The van der Waals surface area contributed by atoms with Gasteiger partial charge in [-0.15, -0.1) is 0 Å². The van der Waals surface area contributed by atoms with Crippen LogP contribution in [0.3, 0.4) is 0 Å². The molecule has 0 aromatic heterocycles. The topological polar surface area (TPSA) is 58.4 Å². The van der Waals surface area contributed by atoms with Crippen LogP contribution in [0.15, 0.2) is 24.3 Å². The first-order valence-corrected chi connectivity index (χ1v) is 6.83. The minimum Gasteiger partial charge on any atom is -0.389 e. The molecule has 1 atom stereocenters. The fraction of sp³-hybridized carbons (Fsp3) is 0.429. The Morgan fingerprint density at radius 1 is 1.53 bits per heavy atom. The molecule has 2 rings (SSSR count). The van der Waals surface area contributed by atoms with Gasteiger partial charge in [-0.3, -0.25) is 4.79 Å². The molecule has 1 unspecified atom stereocenters. The maximum absolute atomic E-state index is 12.0. The Kier molecular flexibility index (Phi) is 4.50. The monoisotopic (exact) mass is 277 g/mol. The first-order valence-electron chi connectivity index (χ1n) is 6.43. The van der Waals surface area contributed by atoms with Crippen LogP contribution in [0.4, 0.5) is 0 Å². The van der Waals surface area contributed by atoms with Crippen molar-refractivity contribution < 1.29 is 4.79 Å². The van der Waals surface area contributed by atoms with Gasteiger partial charge >= 0.3 is 0 Å². The van der Waals surface area contributed by atoms with Crippen LogP contribution in [-0.4, -0.2) is 42.5 Å². The lowest BCUT2D eigenvalue weighted by Crippen LogP contribution is -2.30. The summed E-state index contributed by atoms with van der Waals surface area (Å²) < 4.78 is 0. The summed E-state index contributed by atoms with van der Waals surface area (Å²) in [4.78, 5) is 14.6. The number of nitrogens with one attached hydrogen (secondary N) is 1. The Bertz CT molecular complexity index is 489. The molecule has 4 nitrogen and oxygen atoms in total. The van der Waals surface area contributed by atoms with Gasteiger partial charge in [0.25, 0.3) is 5.91 Å². The van der Waals surface area contributed by atoms with E-state index in [-0.39, 0.29) is 5.91 Å². The van der Waals surface area contributed by atoms with Gasteiger partial charge in [-0.2, -0.15) is 0 Å². The first kappa shape index (κ1) is 14.0. The molecule has 5 heteroatoms. The predicted molar refractivity (Wildman–Crippen MR) is 80.3 cm³/mol. The standard InChI is InChI=1S/C14H19N3OS/c1-17-6-5-10(9-17)8-16-14(18)12-4-2-3-11(7-12)13(15)19/h2-4,7,10H,5-6,8-9H2,1H3,(H2,15,19)(H,16,18). The van der Waals surface area contributed by atoms with Crippen molar-refractivity contribution >= 4 is 23.1 Å². The molecule has 0 aliphatic carbocycles. The van der Waals surface area contributed by atoms with Gasteiger partial charge in [0.1, 0.15) is 4.99 Å². The van der Waals surface area contributed by atoms with Crippen molar-refractivity contribution in [3.63, 3.8) is 0 Å². The maximum Gasteiger partial charge on any atom is 0.251 e. The van der Waals surface area contributed by atoms with Crippen LogP contribution in [0.2, 0.25) is 0 Å². The number of carbonyl (C=O) groups is 1. The number of nitrogens with zero attached hydrogens (tertiary/aromatic N) is 1. The van der Waals surface area contributed by atoms with E-state index in [1.54, 1.807) is 18.2 Å². The number of likely N-dealkylation sites (tertiary alicyclic amines) is 1. The van der Waals surface area contributed by atoms with Gasteiger partial charge in [0.05, 0.1) is 0 Å². The molecular weight excluding hydrogens is 258 g/mol. The maximum atomic E-state index is 12.0. The summed E-state index contributed by atoms with van der Waals surface area (Å²) in [6.45, 7) is 2.88. The van der Waals surface area contributed by atoms with E-state index in [2.05, 4.69) is 17.3 Å². The van der Waals surface area contributed by atoms with Crippen LogP contribution in [-0.2, 0) is 0 Å². The van der Waals surface area contributed by atoms with Gasteiger partial charge in [0.2, 0.25) is 0 Å². The number of thiocarbonyl (C=S) groups is 1. The highest BCUT2D eigenvalue weighted by molar-refractivity contribution is 7.80. The number of carbonyl (C=O) groups excluding carboxylic acids is 1. The minimum absolute atomic E-state index is 0.0624. The van der Waals surface area contributed by atoms with Crippen LogP contribution in [0.5, 0.6) is 0 Å². The molecule has 19 heavy (non-hydrogen) atoms. The lowest BCUT2D eigenvalue weighted by atomic mass is 10.1. The minimum atomic E-state index is -0.0624. The quantitative estimate of drug-likeness (QED) is 0.806. The SMILES string of the molecule is CN1CCC(CNC(=O)c2cccc(C(N)=S)c2)C1. The zero-order valence-corrected chi connectivity index (χ0v) is 11.9. The van der Waals surface area contributed by atoms with Crippen LogP contribution < -0.4 is 11.1 Å². The molecule has 0 radical (unpaired) electrons. The molecule has 1 aliphatic rings. The molecule has 1 aliphatic heterocycles. The molecule has 1 amide bonds. The van der Waals surface area contributed by atoms with E-state index in [0.717, 1.165) is 31.6 Å². The third kappa shape index (κ3) is 3.75.